The number of carbonyl (C=O) groups excluding carboxylic acids is 3. The van der Waals surface area contributed by atoms with E-state index in [1.54, 1.807) is 0 Å². The van der Waals surface area contributed by atoms with Gasteiger partial charge in [-0.3, -0.25) is 14.4 Å². The molecule has 0 aromatic carbocycles. The maximum Gasteiger partial charge on any atom is 0.306 e. The van der Waals surface area contributed by atoms with Crippen molar-refractivity contribution < 1.29 is 28.6 Å². The van der Waals surface area contributed by atoms with E-state index in [0.29, 0.717) is 19.3 Å². The van der Waals surface area contributed by atoms with Gasteiger partial charge in [0.25, 0.3) is 0 Å². The van der Waals surface area contributed by atoms with Crippen LogP contribution in [0, 0.1) is 0 Å². The fourth-order valence-corrected chi connectivity index (χ4v) is 9.24. The summed E-state index contributed by atoms with van der Waals surface area (Å²) in [6.07, 6.45) is 91.0. The number of carbonyl (C=O) groups is 3. The Labute approximate surface area is 489 Å². The first-order valence-electron chi connectivity index (χ1n) is 33.4. The maximum absolute atomic E-state index is 12.9. The van der Waals surface area contributed by atoms with E-state index in [4.69, 9.17) is 14.2 Å². The van der Waals surface area contributed by atoms with Gasteiger partial charge >= 0.3 is 17.9 Å². The highest BCUT2D eigenvalue weighted by atomic mass is 16.6. The number of hydrogen-bond acceptors (Lipinski definition) is 6. The minimum absolute atomic E-state index is 0.0898. The molecule has 0 amide bonds. The van der Waals surface area contributed by atoms with E-state index in [0.717, 1.165) is 128 Å². The van der Waals surface area contributed by atoms with Gasteiger partial charge < -0.3 is 14.2 Å². The number of allylic oxidation sites excluding steroid dienone is 18. The summed E-state index contributed by atoms with van der Waals surface area (Å²) in [6, 6.07) is 0. The second kappa shape index (κ2) is 66.6. The highest BCUT2D eigenvalue weighted by Gasteiger charge is 2.19. The van der Waals surface area contributed by atoms with Crippen LogP contribution in [0.4, 0.5) is 0 Å². The Bertz CT molecular complexity index is 1590. The molecule has 0 N–H and O–H groups in total. The summed E-state index contributed by atoms with van der Waals surface area (Å²) in [7, 11) is 0. The van der Waals surface area contributed by atoms with Crippen LogP contribution in [-0.4, -0.2) is 37.2 Å². The molecule has 0 aliphatic heterocycles. The lowest BCUT2D eigenvalue weighted by molar-refractivity contribution is -0.167. The summed E-state index contributed by atoms with van der Waals surface area (Å²) in [5.74, 6) is -0.911. The zero-order valence-corrected chi connectivity index (χ0v) is 51.9. The molecule has 0 aromatic heterocycles. The highest BCUT2D eigenvalue weighted by molar-refractivity contribution is 5.71. The first-order chi connectivity index (χ1) is 39.0. The molecule has 0 saturated heterocycles. The molecular weight excluding hydrogens is 973 g/mol. The molecule has 0 radical (unpaired) electrons. The first kappa shape index (κ1) is 75.1. The van der Waals surface area contributed by atoms with Gasteiger partial charge in [0.15, 0.2) is 6.10 Å². The van der Waals surface area contributed by atoms with Gasteiger partial charge in [0.2, 0.25) is 0 Å². The lowest BCUT2D eigenvalue weighted by atomic mass is 10.0. The van der Waals surface area contributed by atoms with E-state index < -0.39 is 6.10 Å². The smallest absolute Gasteiger partial charge is 0.306 e. The van der Waals surface area contributed by atoms with Crippen LogP contribution < -0.4 is 0 Å². The quantitative estimate of drug-likeness (QED) is 0.0261. The number of esters is 3. The average molecular weight is 1100 g/mol. The SMILES string of the molecule is CC/C=C\C/C=C\C/C=C\C/C=C\C/C=C\CCCCCCCC(=O)OC(COC(=O)CCCCCCC/C=C\CCCCCC)COC(=O)CCCCCCCCCCCCCC/C=C\C/C=C\C/C=C\CCCCCCC. The summed E-state index contributed by atoms with van der Waals surface area (Å²) in [5, 5.41) is 0. The van der Waals surface area contributed by atoms with Crippen molar-refractivity contribution in [2.75, 3.05) is 13.2 Å². The predicted molar refractivity (Wildman–Crippen MR) is 343 cm³/mol. The minimum atomic E-state index is -0.796. The van der Waals surface area contributed by atoms with Crippen LogP contribution in [0.1, 0.15) is 316 Å². The number of ether oxygens (including phenoxy) is 3. The van der Waals surface area contributed by atoms with E-state index >= 15 is 0 Å². The van der Waals surface area contributed by atoms with Crippen molar-refractivity contribution in [1.29, 1.82) is 0 Å². The third kappa shape index (κ3) is 64.8. The highest BCUT2D eigenvalue weighted by Crippen LogP contribution is 2.16. The van der Waals surface area contributed by atoms with Crippen molar-refractivity contribution in [3.63, 3.8) is 0 Å². The topological polar surface area (TPSA) is 78.9 Å². The molecule has 452 valence electrons. The Balaban J connectivity index is 4.34. The lowest BCUT2D eigenvalue weighted by Gasteiger charge is -2.18. The summed E-state index contributed by atoms with van der Waals surface area (Å²) < 4.78 is 16.9. The van der Waals surface area contributed by atoms with Gasteiger partial charge in [-0.05, 0) is 128 Å². The average Bonchev–Trinajstić information content (AvgIpc) is 3.45. The largest absolute Gasteiger partial charge is 0.462 e. The van der Waals surface area contributed by atoms with Crippen molar-refractivity contribution in [2.45, 2.75) is 322 Å². The van der Waals surface area contributed by atoms with E-state index in [1.807, 2.05) is 0 Å². The van der Waals surface area contributed by atoms with Gasteiger partial charge in [-0.1, -0.05) is 278 Å². The van der Waals surface area contributed by atoms with Crippen LogP contribution in [0.25, 0.3) is 0 Å². The van der Waals surface area contributed by atoms with Crippen LogP contribution in [0.5, 0.6) is 0 Å². The zero-order chi connectivity index (χ0) is 57.1. The molecule has 79 heavy (non-hydrogen) atoms. The summed E-state index contributed by atoms with van der Waals surface area (Å²) in [5.41, 5.74) is 0. The van der Waals surface area contributed by atoms with Crippen LogP contribution in [0.2, 0.25) is 0 Å². The normalized spacial score (nSPS) is 12.8. The van der Waals surface area contributed by atoms with Gasteiger partial charge in [-0.15, -0.1) is 0 Å². The first-order valence-corrected chi connectivity index (χ1v) is 33.4. The van der Waals surface area contributed by atoms with E-state index in [1.165, 1.54) is 148 Å². The van der Waals surface area contributed by atoms with Crippen LogP contribution in [-0.2, 0) is 28.6 Å². The molecule has 6 heteroatoms. The van der Waals surface area contributed by atoms with Gasteiger partial charge in [-0.2, -0.15) is 0 Å². The molecule has 0 aromatic rings. The zero-order valence-electron chi connectivity index (χ0n) is 51.9. The molecular formula is C73H124O6. The Hall–Kier alpha value is -3.93. The summed E-state index contributed by atoms with van der Waals surface area (Å²) in [4.78, 5) is 38.4. The maximum atomic E-state index is 12.9. The van der Waals surface area contributed by atoms with Crippen molar-refractivity contribution in [3.05, 3.63) is 109 Å². The van der Waals surface area contributed by atoms with Gasteiger partial charge in [0.05, 0.1) is 0 Å². The molecule has 0 spiro atoms. The molecule has 0 saturated carbocycles. The number of unbranched alkanes of at least 4 members (excludes halogenated alkanes) is 31. The molecule has 0 rings (SSSR count). The van der Waals surface area contributed by atoms with E-state index in [-0.39, 0.29) is 31.1 Å². The Morgan fingerprint density at radius 2 is 0.494 bits per heavy atom. The monoisotopic (exact) mass is 1100 g/mol. The van der Waals surface area contributed by atoms with Crippen molar-refractivity contribution >= 4 is 17.9 Å². The second-order valence-electron chi connectivity index (χ2n) is 22.0. The summed E-state index contributed by atoms with van der Waals surface area (Å²) in [6.45, 7) is 6.50. The molecule has 1 unspecified atom stereocenters. The van der Waals surface area contributed by atoms with Crippen LogP contribution in [0.15, 0.2) is 109 Å². The van der Waals surface area contributed by atoms with E-state index in [2.05, 4.69) is 130 Å². The molecule has 0 fully saturated rings. The Morgan fingerprint density at radius 1 is 0.266 bits per heavy atom. The number of rotatable bonds is 60. The Kier molecular flexibility index (Phi) is 63.3. The molecule has 0 aliphatic rings. The second-order valence-corrected chi connectivity index (χ2v) is 22.0. The van der Waals surface area contributed by atoms with Crippen molar-refractivity contribution in [2.24, 2.45) is 0 Å². The molecule has 1 atom stereocenters. The third-order valence-electron chi connectivity index (χ3n) is 14.2. The molecule has 0 bridgehead atoms. The fourth-order valence-electron chi connectivity index (χ4n) is 9.24. The predicted octanol–water partition coefficient (Wildman–Crippen LogP) is 23.0. The van der Waals surface area contributed by atoms with E-state index in [9.17, 15) is 14.4 Å². The number of hydrogen-bond donors (Lipinski definition) is 0. The Morgan fingerprint density at radius 3 is 0.797 bits per heavy atom. The third-order valence-corrected chi connectivity index (χ3v) is 14.2. The molecule has 6 nitrogen and oxygen atoms in total. The van der Waals surface area contributed by atoms with Crippen molar-refractivity contribution in [1.82, 2.24) is 0 Å². The molecule has 0 aliphatic carbocycles. The van der Waals surface area contributed by atoms with Gasteiger partial charge in [0.1, 0.15) is 13.2 Å². The standard InChI is InChI=1S/C73H124O6/c1-4-7-10-13-16-19-22-25-27-29-31-33-34-35-36-37-38-40-41-43-45-48-51-54-57-60-63-66-72(75)78-69-70(68-77-71(74)65-62-59-56-53-50-47-24-21-18-15-12-9-6-3)79-73(76)67-64-61-58-55-52-49-46-44-42-39-32-30-28-26-23-20-17-14-11-8-5-2/h8,11,17,20-22,24-26,28-29,31-32,34-35,39,44,46,70H,4-7,9-10,12-16,18-19,23,27,30,33,36-38,40-43,45,47-69H2,1-3H3/b11-8-,20-17-,24-21-,25-22-,28-26-,31-29-,35-34-,39-32-,46-44-. The fraction of sp³-hybridized carbons (Fsp3) is 0.712. The van der Waals surface area contributed by atoms with Crippen LogP contribution in [0.3, 0.4) is 0 Å². The van der Waals surface area contributed by atoms with Gasteiger partial charge in [-0.25, -0.2) is 0 Å². The minimum Gasteiger partial charge on any atom is -0.462 e. The summed E-state index contributed by atoms with van der Waals surface area (Å²) >= 11 is 0. The van der Waals surface area contributed by atoms with Gasteiger partial charge in [0, 0.05) is 19.3 Å². The van der Waals surface area contributed by atoms with Crippen molar-refractivity contribution in [3.8, 4) is 0 Å². The van der Waals surface area contributed by atoms with Crippen LogP contribution >= 0.6 is 0 Å². The molecule has 0 heterocycles. The lowest BCUT2D eigenvalue weighted by Crippen LogP contribution is -2.30.